The first-order valence-electron chi connectivity index (χ1n) is 11.5. The molecule has 4 rings (SSSR count). The van der Waals surface area contributed by atoms with Gasteiger partial charge in [0.1, 0.15) is 6.04 Å². The summed E-state index contributed by atoms with van der Waals surface area (Å²) in [6, 6.07) is 28.4. The van der Waals surface area contributed by atoms with Gasteiger partial charge in [0.15, 0.2) is 0 Å². The van der Waals surface area contributed by atoms with E-state index in [-0.39, 0.29) is 31.3 Å². The van der Waals surface area contributed by atoms with E-state index in [0.29, 0.717) is 10.0 Å². The van der Waals surface area contributed by atoms with Crippen molar-refractivity contribution < 1.29 is 9.59 Å². The van der Waals surface area contributed by atoms with E-state index in [0.717, 1.165) is 22.4 Å². The van der Waals surface area contributed by atoms with Crippen molar-refractivity contribution in [2.24, 2.45) is 0 Å². The molecule has 0 saturated heterocycles. The second kappa shape index (κ2) is 12.3. The van der Waals surface area contributed by atoms with Crippen LogP contribution in [0.1, 0.15) is 28.4 Å². The number of pyridine rings is 1. The lowest BCUT2D eigenvalue weighted by atomic mass is 10.0. The van der Waals surface area contributed by atoms with E-state index in [9.17, 15) is 9.59 Å². The van der Waals surface area contributed by atoms with E-state index in [1.54, 1.807) is 35.4 Å². The van der Waals surface area contributed by atoms with Crippen LogP contribution in [0.15, 0.2) is 103 Å². The summed E-state index contributed by atoms with van der Waals surface area (Å²) in [5.41, 5.74) is 3.12. The number of rotatable bonds is 9. The van der Waals surface area contributed by atoms with Crippen molar-refractivity contribution in [3.63, 3.8) is 0 Å². The summed E-state index contributed by atoms with van der Waals surface area (Å²) in [6.45, 7) is 0.489. The molecule has 0 bridgehead atoms. The minimum Gasteiger partial charge on any atom is -0.348 e. The Hall–Kier alpha value is -3.67. The number of aromatic nitrogens is 1. The van der Waals surface area contributed by atoms with Crippen molar-refractivity contribution in [3.05, 3.63) is 136 Å². The Balaban J connectivity index is 1.67. The molecular formula is C29H25Cl2N3O2. The molecule has 2 amide bonds. The Morgan fingerprint density at radius 2 is 1.39 bits per heavy atom. The summed E-state index contributed by atoms with van der Waals surface area (Å²) in [5.74, 6) is -0.473. The molecule has 0 fully saturated rings. The molecular weight excluding hydrogens is 493 g/mol. The average molecular weight is 518 g/mol. The molecule has 0 spiro atoms. The van der Waals surface area contributed by atoms with Gasteiger partial charge in [-0.1, -0.05) is 83.9 Å². The largest absolute Gasteiger partial charge is 0.348 e. The zero-order chi connectivity index (χ0) is 25.3. The molecule has 4 aromatic rings. The number of nitrogens with zero attached hydrogens (tertiary/aromatic N) is 2. The van der Waals surface area contributed by atoms with Gasteiger partial charge >= 0.3 is 0 Å². The Labute approximate surface area is 220 Å². The first-order chi connectivity index (χ1) is 17.5. The summed E-state index contributed by atoms with van der Waals surface area (Å²) in [5, 5.41) is 4.17. The van der Waals surface area contributed by atoms with Crippen LogP contribution in [0.4, 0.5) is 0 Å². The van der Waals surface area contributed by atoms with Crippen LogP contribution >= 0.6 is 23.2 Å². The minimum absolute atomic E-state index is 0.127. The van der Waals surface area contributed by atoms with Crippen LogP contribution < -0.4 is 5.32 Å². The third kappa shape index (κ3) is 6.94. The van der Waals surface area contributed by atoms with Crippen LogP contribution in [0, 0.1) is 0 Å². The van der Waals surface area contributed by atoms with E-state index in [4.69, 9.17) is 23.2 Å². The highest BCUT2D eigenvalue weighted by atomic mass is 35.5. The maximum absolute atomic E-state index is 13.7. The fourth-order valence-corrected chi connectivity index (χ4v) is 4.13. The normalized spacial score (nSPS) is 11.5. The summed E-state index contributed by atoms with van der Waals surface area (Å²) >= 11 is 12.1. The Kier molecular flexibility index (Phi) is 8.71. The van der Waals surface area contributed by atoms with Gasteiger partial charge in [-0.2, -0.15) is 0 Å². The van der Waals surface area contributed by atoms with Gasteiger partial charge < -0.3 is 10.2 Å². The number of benzene rings is 3. The van der Waals surface area contributed by atoms with Crippen molar-refractivity contribution >= 4 is 35.0 Å². The molecule has 0 saturated carbocycles. The average Bonchev–Trinajstić information content (AvgIpc) is 2.91. The number of hydrogen-bond donors (Lipinski definition) is 1. The molecule has 5 nitrogen and oxygen atoms in total. The van der Waals surface area contributed by atoms with E-state index in [2.05, 4.69) is 10.3 Å². The molecule has 182 valence electrons. The van der Waals surface area contributed by atoms with Crippen molar-refractivity contribution in [1.82, 2.24) is 15.2 Å². The maximum Gasteiger partial charge on any atom is 0.247 e. The van der Waals surface area contributed by atoms with Gasteiger partial charge in [0.2, 0.25) is 11.8 Å². The number of carbonyl (C=O) groups excluding carboxylic acids is 2. The minimum atomic E-state index is -0.842. The van der Waals surface area contributed by atoms with E-state index in [1.807, 2.05) is 72.8 Å². The number of hydrogen-bond acceptors (Lipinski definition) is 3. The maximum atomic E-state index is 13.7. The van der Waals surface area contributed by atoms with E-state index >= 15 is 0 Å². The monoisotopic (exact) mass is 517 g/mol. The highest BCUT2D eigenvalue weighted by molar-refractivity contribution is 6.30. The van der Waals surface area contributed by atoms with Gasteiger partial charge in [0, 0.05) is 22.8 Å². The Morgan fingerprint density at radius 1 is 0.778 bits per heavy atom. The van der Waals surface area contributed by atoms with Crippen LogP contribution in [-0.4, -0.2) is 21.7 Å². The zero-order valence-electron chi connectivity index (χ0n) is 19.5. The summed E-state index contributed by atoms with van der Waals surface area (Å²) in [4.78, 5) is 33.3. The van der Waals surface area contributed by atoms with Crippen molar-refractivity contribution in [1.29, 1.82) is 0 Å². The van der Waals surface area contributed by atoms with Crippen LogP contribution in [0.2, 0.25) is 10.0 Å². The molecule has 1 heterocycles. The smallest absolute Gasteiger partial charge is 0.247 e. The fourth-order valence-electron chi connectivity index (χ4n) is 3.87. The van der Waals surface area contributed by atoms with Crippen molar-refractivity contribution in [2.75, 3.05) is 0 Å². The molecule has 0 aliphatic rings. The van der Waals surface area contributed by atoms with Gasteiger partial charge in [-0.15, -0.1) is 0 Å². The molecule has 0 aliphatic heterocycles. The van der Waals surface area contributed by atoms with Gasteiger partial charge in [-0.25, -0.2) is 0 Å². The molecule has 36 heavy (non-hydrogen) atoms. The zero-order valence-corrected chi connectivity index (χ0v) is 21.0. The quantitative estimate of drug-likeness (QED) is 0.295. The molecule has 0 aliphatic carbocycles. The topological polar surface area (TPSA) is 62.3 Å². The summed E-state index contributed by atoms with van der Waals surface area (Å²) in [7, 11) is 0. The van der Waals surface area contributed by atoms with Crippen LogP contribution in [0.5, 0.6) is 0 Å². The molecule has 0 unspecified atom stereocenters. The molecule has 1 aromatic heterocycles. The lowest BCUT2D eigenvalue weighted by Gasteiger charge is -2.32. The van der Waals surface area contributed by atoms with Gasteiger partial charge in [-0.3, -0.25) is 14.6 Å². The van der Waals surface area contributed by atoms with Gasteiger partial charge in [0.25, 0.3) is 0 Å². The summed E-state index contributed by atoms with van der Waals surface area (Å²) < 4.78 is 0. The Morgan fingerprint density at radius 3 is 2.00 bits per heavy atom. The molecule has 7 heteroatoms. The van der Waals surface area contributed by atoms with E-state index in [1.165, 1.54) is 0 Å². The second-order valence-corrected chi connectivity index (χ2v) is 9.18. The van der Waals surface area contributed by atoms with Crippen LogP contribution in [-0.2, 0) is 29.1 Å². The Bertz CT molecular complexity index is 1280. The molecule has 0 radical (unpaired) electrons. The molecule has 3 aromatic carbocycles. The predicted octanol–water partition coefficient (Wildman–Crippen LogP) is 6.02. The van der Waals surface area contributed by atoms with Crippen LogP contribution in [0.3, 0.4) is 0 Å². The SMILES string of the molecule is O=C(NCc1ccccn1)[C@@H](c1ccccc1)N(Cc1ccc(Cl)cc1)C(=O)Cc1ccc(Cl)cc1. The van der Waals surface area contributed by atoms with Gasteiger partial charge in [0.05, 0.1) is 18.7 Å². The standard InChI is InChI=1S/C29H25Cl2N3O2/c30-24-13-9-21(10-14-24)18-27(35)34(20-22-11-15-25(31)16-12-22)28(23-6-2-1-3-7-23)29(36)33-19-26-8-4-5-17-32-26/h1-17,28H,18-20H2,(H,33,36)/t28-/m1/s1. The molecule has 1 N–H and O–H groups in total. The number of halogens is 2. The lowest BCUT2D eigenvalue weighted by Crippen LogP contribution is -2.44. The highest BCUT2D eigenvalue weighted by Gasteiger charge is 2.31. The number of nitrogens with one attached hydrogen (secondary N) is 1. The predicted molar refractivity (Wildman–Crippen MR) is 142 cm³/mol. The summed E-state index contributed by atoms with van der Waals surface area (Å²) in [6.07, 6.45) is 1.81. The lowest BCUT2D eigenvalue weighted by molar-refractivity contribution is -0.141. The third-order valence-electron chi connectivity index (χ3n) is 5.70. The van der Waals surface area contributed by atoms with E-state index < -0.39 is 6.04 Å². The highest BCUT2D eigenvalue weighted by Crippen LogP contribution is 2.26. The van der Waals surface area contributed by atoms with Crippen molar-refractivity contribution in [2.45, 2.75) is 25.6 Å². The van der Waals surface area contributed by atoms with Crippen molar-refractivity contribution in [3.8, 4) is 0 Å². The molecule has 1 atom stereocenters. The third-order valence-corrected chi connectivity index (χ3v) is 6.20. The first-order valence-corrected chi connectivity index (χ1v) is 12.3. The first kappa shape index (κ1) is 25.4. The van der Waals surface area contributed by atoms with Gasteiger partial charge in [-0.05, 0) is 53.1 Å². The van der Waals surface area contributed by atoms with Crippen LogP contribution in [0.25, 0.3) is 0 Å². The fraction of sp³-hybridized carbons (Fsp3) is 0.138. The number of carbonyl (C=O) groups is 2. The second-order valence-electron chi connectivity index (χ2n) is 8.30. The number of amides is 2.